The van der Waals surface area contributed by atoms with Crippen molar-refractivity contribution >= 4 is 117 Å². The Kier molecular flexibility index (Phi) is 19.4. The molecule has 3 N–H and O–H groups in total. The first-order valence-corrected chi connectivity index (χ1v) is 26.8. The summed E-state index contributed by atoms with van der Waals surface area (Å²) in [5, 5.41) is 4.35. The van der Waals surface area contributed by atoms with Gasteiger partial charge in [0.15, 0.2) is 15.5 Å². The van der Waals surface area contributed by atoms with Crippen molar-refractivity contribution in [3.63, 3.8) is 0 Å². The van der Waals surface area contributed by atoms with Crippen LogP contribution in [0, 0.1) is 0 Å². The number of carbonyl (C=O) groups excluding carboxylic acids is 3. The Morgan fingerprint density at radius 1 is 0.591 bits per heavy atom. The Balaban J connectivity index is 0.000000227. The maximum absolute atomic E-state index is 12.9. The number of hydrogen-bond donors (Lipinski definition) is 2. The predicted octanol–water partition coefficient (Wildman–Crippen LogP) is 14.1. The van der Waals surface area contributed by atoms with E-state index in [1.54, 1.807) is 65.1 Å². The standard InChI is InChI=1S/C21H29BrN2O4S.C16H21BrN2O2S.C11H13BrN2S/c1-19(2,3)27-17(25)24(18(26)28-20(4,5)6)16-23-21(7,11-12-29-16)14-9-8-10-15(22)13-14;1-15(2,3)21-14(20)18-13-19-16(4,8-9-22-13)11-6-5-7-12(17)10-11;1-11(5-6-15-10(13)14-11)8-3-2-4-9(12)7-8/h8-10,13H,11-12H2,1-7H3;5-7,10H,8-9H2,1-4H3,(H,18,19,20);2-4,7H,5-6H2,1H3,(H2,13,14)/t21-;16-;11-/m000/s1. The molecule has 6 rings (SSSR count). The third kappa shape index (κ3) is 17.5. The SMILES string of the molecule is CC(C)(C)OC(=O)N(C(=O)OC(C)(C)C)C1=N[C@](C)(c2cccc(Br)c2)CCS1.CC(C)(C)OC(=O)NC1=N[C@](C)(c2cccc(Br)c2)CCS1.C[C@@]1(c2cccc(Br)c2)CCSC(N)=N1. The number of nitrogens with one attached hydrogen (secondary N) is 1. The Morgan fingerprint density at radius 2 is 0.970 bits per heavy atom. The smallest absolute Gasteiger partial charge is 0.426 e. The van der Waals surface area contributed by atoms with E-state index >= 15 is 0 Å². The molecule has 0 saturated carbocycles. The van der Waals surface area contributed by atoms with Crippen molar-refractivity contribution < 1.29 is 28.6 Å². The molecule has 3 atom stereocenters. The molecule has 3 heterocycles. The van der Waals surface area contributed by atoms with Crippen molar-refractivity contribution in [2.45, 2.75) is 136 Å². The first-order chi connectivity index (χ1) is 30.5. The van der Waals surface area contributed by atoms with Crippen molar-refractivity contribution in [3.8, 4) is 0 Å². The molecule has 0 bridgehead atoms. The van der Waals surface area contributed by atoms with Gasteiger partial charge < -0.3 is 19.9 Å². The highest BCUT2D eigenvalue weighted by molar-refractivity contribution is 9.11. The number of amidine groups is 3. The number of halogens is 3. The molecule has 3 aliphatic rings. The molecule has 360 valence electrons. The molecule has 3 aliphatic heterocycles. The molecule has 0 saturated heterocycles. The zero-order valence-electron chi connectivity index (χ0n) is 39.8. The number of thioether (sulfide) groups is 3. The maximum Gasteiger partial charge on any atom is 0.426 e. The zero-order valence-corrected chi connectivity index (χ0v) is 47.1. The third-order valence-electron chi connectivity index (χ3n) is 9.83. The fourth-order valence-electron chi connectivity index (χ4n) is 6.50. The van der Waals surface area contributed by atoms with Crippen molar-refractivity contribution in [3.05, 3.63) is 103 Å². The van der Waals surface area contributed by atoms with Crippen LogP contribution in [-0.4, -0.2) is 72.7 Å². The van der Waals surface area contributed by atoms with Gasteiger partial charge in [0.2, 0.25) is 0 Å². The molecule has 3 aromatic rings. The Bertz CT molecular complexity index is 2290. The third-order valence-corrected chi connectivity index (χ3v) is 13.9. The van der Waals surface area contributed by atoms with E-state index in [4.69, 9.17) is 29.9 Å². The lowest BCUT2D eigenvalue weighted by Crippen LogP contribution is -2.47. The monoisotopic (exact) mass is 1150 g/mol. The highest BCUT2D eigenvalue weighted by atomic mass is 79.9. The highest BCUT2D eigenvalue weighted by Gasteiger charge is 2.40. The molecule has 66 heavy (non-hydrogen) atoms. The van der Waals surface area contributed by atoms with Gasteiger partial charge in [0.25, 0.3) is 0 Å². The number of ether oxygens (including phenoxy) is 3. The number of amides is 3. The summed E-state index contributed by atoms with van der Waals surface area (Å²) in [5.74, 6) is 2.64. The van der Waals surface area contributed by atoms with Crippen molar-refractivity contribution in [1.82, 2.24) is 10.2 Å². The number of imide groups is 1. The van der Waals surface area contributed by atoms with Crippen molar-refractivity contribution in [1.29, 1.82) is 0 Å². The fraction of sp³-hybridized carbons (Fsp3) is 0.500. The normalized spacial score (nSPS) is 22.0. The van der Waals surface area contributed by atoms with Gasteiger partial charge in [0, 0.05) is 30.7 Å². The van der Waals surface area contributed by atoms with Gasteiger partial charge in [0.1, 0.15) is 16.8 Å². The van der Waals surface area contributed by atoms with Gasteiger partial charge >= 0.3 is 18.3 Å². The van der Waals surface area contributed by atoms with E-state index in [1.165, 1.54) is 17.3 Å². The van der Waals surface area contributed by atoms with E-state index in [2.05, 4.69) is 96.2 Å². The van der Waals surface area contributed by atoms with Crippen LogP contribution in [0.2, 0.25) is 0 Å². The second-order valence-corrected chi connectivity index (χ2v) is 25.3. The molecule has 3 aromatic carbocycles. The molecule has 0 radical (unpaired) electrons. The summed E-state index contributed by atoms with van der Waals surface area (Å²) in [6, 6.07) is 24.3. The van der Waals surface area contributed by atoms with Gasteiger partial charge in [0.05, 0.1) is 16.6 Å². The Labute approximate surface area is 429 Å². The van der Waals surface area contributed by atoms with Gasteiger partial charge in [-0.05, 0) is 155 Å². The van der Waals surface area contributed by atoms with Crippen LogP contribution in [0.15, 0.2) is 101 Å². The minimum Gasteiger partial charge on any atom is -0.444 e. The fourth-order valence-corrected chi connectivity index (χ4v) is 11.0. The number of hydrogen-bond acceptors (Lipinski definition) is 13. The Morgan fingerprint density at radius 3 is 1.36 bits per heavy atom. The molecule has 0 unspecified atom stereocenters. The predicted molar refractivity (Wildman–Crippen MR) is 286 cm³/mol. The van der Waals surface area contributed by atoms with Crippen LogP contribution in [0.3, 0.4) is 0 Å². The van der Waals surface area contributed by atoms with Crippen LogP contribution in [0.5, 0.6) is 0 Å². The Hall–Kier alpha value is -3.03. The number of alkyl carbamates (subject to hydrolysis) is 1. The van der Waals surface area contributed by atoms with Crippen molar-refractivity contribution in [2.24, 2.45) is 20.7 Å². The summed E-state index contributed by atoms with van der Waals surface area (Å²) in [6.45, 7) is 22.2. The summed E-state index contributed by atoms with van der Waals surface area (Å²) in [6.07, 6.45) is 0.682. The summed E-state index contributed by atoms with van der Waals surface area (Å²) in [4.78, 5) is 52.7. The summed E-state index contributed by atoms with van der Waals surface area (Å²) >= 11 is 15.0. The molecular weight excluding hydrogens is 1090 g/mol. The number of rotatable bonds is 3. The second kappa shape index (κ2) is 23.1. The average Bonchev–Trinajstić information content (AvgIpc) is 3.16. The molecular formula is C48H63Br3N6O6S3. The lowest BCUT2D eigenvalue weighted by molar-refractivity contribution is 0.0150. The molecule has 12 nitrogen and oxygen atoms in total. The van der Waals surface area contributed by atoms with Gasteiger partial charge in [-0.15, -0.1) is 0 Å². The second-order valence-electron chi connectivity index (χ2n) is 19.3. The highest BCUT2D eigenvalue weighted by Crippen LogP contribution is 2.39. The van der Waals surface area contributed by atoms with E-state index in [0.29, 0.717) is 16.1 Å². The summed E-state index contributed by atoms with van der Waals surface area (Å²) in [5.41, 5.74) is 6.04. The van der Waals surface area contributed by atoms with Crippen LogP contribution in [-0.2, 0) is 30.8 Å². The number of carbonyl (C=O) groups is 3. The first kappa shape index (κ1) is 55.6. The topological polar surface area (TPSA) is 157 Å². The van der Waals surface area contributed by atoms with Crippen LogP contribution in [0.25, 0.3) is 0 Å². The molecule has 18 heteroatoms. The van der Waals surface area contributed by atoms with E-state index in [-0.39, 0.29) is 16.2 Å². The number of benzene rings is 3. The van der Waals surface area contributed by atoms with E-state index < -0.39 is 40.6 Å². The van der Waals surface area contributed by atoms with Gasteiger partial charge in [-0.1, -0.05) is 119 Å². The van der Waals surface area contributed by atoms with Gasteiger partial charge in [-0.3, -0.25) is 20.3 Å². The molecule has 0 aliphatic carbocycles. The first-order valence-electron chi connectivity index (χ1n) is 21.5. The van der Waals surface area contributed by atoms with Crippen molar-refractivity contribution in [2.75, 3.05) is 17.3 Å². The van der Waals surface area contributed by atoms with E-state index in [9.17, 15) is 14.4 Å². The van der Waals surface area contributed by atoms with Crippen LogP contribution in [0.4, 0.5) is 14.4 Å². The lowest BCUT2D eigenvalue weighted by Gasteiger charge is -2.34. The maximum atomic E-state index is 12.9. The molecule has 0 fully saturated rings. The summed E-state index contributed by atoms with van der Waals surface area (Å²) < 4.78 is 19.3. The molecule has 3 amide bonds. The van der Waals surface area contributed by atoms with Crippen LogP contribution >= 0.6 is 83.1 Å². The number of nitrogens with two attached hydrogens (primary N) is 1. The number of nitrogens with zero attached hydrogens (tertiary/aromatic N) is 4. The quantitative estimate of drug-likeness (QED) is 0.242. The van der Waals surface area contributed by atoms with Gasteiger partial charge in [-0.2, -0.15) is 4.90 Å². The van der Waals surface area contributed by atoms with E-state index in [1.807, 2.05) is 76.2 Å². The van der Waals surface area contributed by atoms with Gasteiger partial charge in [-0.25, -0.2) is 14.4 Å². The summed E-state index contributed by atoms with van der Waals surface area (Å²) in [7, 11) is 0. The van der Waals surface area contributed by atoms with Crippen LogP contribution < -0.4 is 11.1 Å². The van der Waals surface area contributed by atoms with Crippen LogP contribution in [0.1, 0.15) is 119 Å². The lowest BCUT2D eigenvalue weighted by atomic mass is 9.90. The average molecular weight is 1160 g/mol. The minimum atomic E-state index is -0.795. The molecule has 0 aromatic heterocycles. The minimum absolute atomic E-state index is 0.154. The molecule has 0 spiro atoms. The zero-order chi connectivity index (χ0) is 49.3. The largest absolute Gasteiger partial charge is 0.444 e. The van der Waals surface area contributed by atoms with E-state index in [0.717, 1.165) is 60.2 Å². The number of aliphatic imine (C=N–C) groups is 3.